The molecule has 2 aromatic rings. The number of rotatable bonds is 5. The van der Waals surface area contributed by atoms with Crippen molar-refractivity contribution < 1.29 is 4.79 Å². The van der Waals surface area contributed by atoms with Gasteiger partial charge in [0, 0.05) is 50.4 Å². The van der Waals surface area contributed by atoms with Crippen LogP contribution < -0.4 is 10.6 Å². The molecule has 100 valence electrons. The molecule has 0 radical (unpaired) electrons. The van der Waals surface area contributed by atoms with Crippen molar-refractivity contribution in [1.29, 1.82) is 0 Å². The molecule has 2 rings (SSSR count). The Hall–Kier alpha value is -2.21. The molecule has 0 saturated heterocycles. The van der Waals surface area contributed by atoms with E-state index >= 15 is 0 Å². The molecular weight excluding hydrogens is 242 g/mol. The molecular formula is C13H17N5O. The SMILES string of the molecule is CNC(=O)CNCc1cn(C)nc1-c1cccnc1. The number of likely N-dealkylation sites (N-methyl/N-ethyl adjacent to an activating group) is 1. The first-order chi connectivity index (χ1) is 9.20. The second-order valence-electron chi connectivity index (χ2n) is 4.20. The van der Waals surface area contributed by atoms with Crippen LogP contribution in [0, 0.1) is 0 Å². The lowest BCUT2D eigenvalue weighted by molar-refractivity contribution is -0.119. The number of hydrogen-bond donors (Lipinski definition) is 2. The Kier molecular flexibility index (Phi) is 4.25. The summed E-state index contributed by atoms with van der Waals surface area (Å²) < 4.78 is 1.76. The molecule has 2 N–H and O–H groups in total. The van der Waals surface area contributed by atoms with Gasteiger partial charge in [-0.15, -0.1) is 0 Å². The highest BCUT2D eigenvalue weighted by Gasteiger charge is 2.10. The largest absolute Gasteiger partial charge is 0.358 e. The van der Waals surface area contributed by atoms with Crippen LogP contribution in [0.2, 0.25) is 0 Å². The number of nitrogens with one attached hydrogen (secondary N) is 2. The minimum absolute atomic E-state index is 0.0354. The second kappa shape index (κ2) is 6.10. The first-order valence-corrected chi connectivity index (χ1v) is 6.05. The zero-order valence-corrected chi connectivity index (χ0v) is 11.1. The van der Waals surface area contributed by atoms with Crippen molar-refractivity contribution in [1.82, 2.24) is 25.4 Å². The van der Waals surface area contributed by atoms with Crippen LogP contribution in [0.5, 0.6) is 0 Å². The second-order valence-corrected chi connectivity index (χ2v) is 4.20. The van der Waals surface area contributed by atoms with Gasteiger partial charge in [-0.05, 0) is 12.1 Å². The Morgan fingerprint density at radius 3 is 3.00 bits per heavy atom. The van der Waals surface area contributed by atoms with Gasteiger partial charge >= 0.3 is 0 Å². The van der Waals surface area contributed by atoms with E-state index in [0.717, 1.165) is 16.8 Å². The van der Waals surface area contributed by atoms with Gasteiger partial charge in [0.15, 0.2) is 0 Å². The van der Waals surface area contributed by atoms with Crippen molar-refractivity contribution in [2.24, 2.45) is 7.05 Å². The number of pyridine rings is 1. The number of aryl methyl sites for hydroxylation is 1. The van der Waals surface area contributed by atoms with Gasteiger partial charge in [-0.3, -0.25) is 14.5 Å². The molecule has 0 spiro atoms. The highest BCUT2D eigenvalue weighted by Crippen LogP contribution is 2.20. The highest BCUT2D eigenvalue weighted by molar-refractivity contribution is 5.77. The predicted molar refractivity (Wildman–Crippen MR) is 72.2 cm³/mol. The minimum atomic E-state index is -0.0354. The van der Waals surface area contributed by atoms with Crippen molar-refractivity contribution in [2.75, 3.05) is 13.6 Å². The van der Waals surface area contributed by atoms with Crippen LogP contribution in [0.4, 0.5) is 0 Å². The molecule has 1 amide bonds. The fourth-order valence-corrected chi connectivity index (χ4v) is 1.81. The molecule has 2 aromatic heterocycles. The molecule has 0 bridgehead atoms. The molecule has 2 heterocycles. The normalized spacial score (nSPS) is 10.4. The molecule has 0 fully saturated rings. The van der Waals surface area contributed by atoms with E-state index < -0.39 is 0 Å². The first-order valence-electron chi connectivity index (χ1n) is 6.05. The third kappa shape index (κ3) is 3.38. The maximum absolute atomic E-state index is 11.2. The van der Waals surface area contributed by atoms with E-state index in [-0.39, 0.29) is 12.5 Å². The van der Waals surface area contributed by atoms with Crippen molar-refractivity contribution in [2.45, 2.75) is 6.54 Å². The zero-order valence-electron chi connectivity index (χ0n) is 11.1. The van der Waals surface area contributed by atoms with Gasteiger partial charge in [0.1, 0.15) is 0 Å². The van der Waals surface area contributed by atoms with Gasteiger partial charge in [0.25, 0.3) is 0 Å². The minimum Gasteiger partial charge on any atom is -0.358 e. The molecule has 6 nitrogen and oxygen atoms in total. The first kappa shape index (κ1) is 13.2. The molecule has 6 heteroatoms. The Morgan fingerprint density at radius 1 is 1.47 bits per heavy atom. The van der Waals surface area contributed by atoms with E-state index in [1.165, 1.54) is 0 Å². The Bertz CT molecular complexity index is 549. The topological polar surface area (TPSA) is 71.8 Å². The van der Waals surface area contributed by atoms with Crippen molar-refractivity contribution in [3.8, 4) is 11.3 Å². The van der Waals surface area contributed by atoms with E-state index in [9.17, 15) is 4.79 Å². The quantitative estimate of drug-likeness (QED) is 0.811. The smallest absolute Gasteiger partial charge is 0.233 e. The lowest BCUT2D eigenvalue weighted by atomic mass is 10.1. The van der Waals surface area contributed by atoms with Crippen LogP contribution in [0.25, 0.3) is 11.3 Å². The summed E-state index contributed by atoms with van der Waals surface area (Å²) in [7, 11) is 3.50. The van der Waals surface area contributed by atoms with Gasteiger partial charge in [-0.25, -0.2) is 0 Å². The van der Waals surface area contributed by atoms with Gasteiger partial charge in [0.2, 0.25) is 5.91 Å². The van der Waals surface area contributed by atoms with Gasteiger partial charge in [0.05, 0.1) is 12.2 Å². The van der Waals surface area contributed by atoms with Gasteiger partial charge in [-0.1, -0.05) is 0 Å². The Labute approximate surface area is 111 Å². The maximum atomic E-state index is 11.2. The Balaban J connectivity index is 2.11. The summed E-state index contributed by atoms with van der Waals surface area (Å²) in [6, 6.07) is 3.85. The van der Waals surface area contributed by atoms with Crippen LogP contribution in [0.3, 0.4) is 0 Å². The molecule has 0 unspecified atom stereocenters. The number of aromatic nitrogens is 3. The maximum Gasteiger partial charge on any atom is 0.233 e. The molecule has 0 aliphatic carbocycles. The summed E-state index contributed by atoms with van der Waals surface area (Å²) >= 11 is 0. The monoisotopic (exact) mass is 259 g/mol. The lowest BCUT2D eigenvalue weighted by Crippen LogP contribution is -2.31. The third-order valence-electron chi connectivity index (χ3n) is 2.72. The fourth-order valence-electron chi connectivity index (χ4n) is 1.81. The molecule has 0 aliphatic heterocycles. The van der Waals surface area contributed by atoms with E-state index in [4.69, 9.17) is 0 Å². The summed E-state index contributed by atoms with van der Waals surface area (Å²) in [4.78, 5) is 15.3. The summed E-state index contributed by atoms with van der Waals surface area (Å²) in [5.41, 5.74) is 2.90. The van der Waals surface area contributed by atoms with Crippen LogP contribution >= 0.6 is 0 Å². The van der Waals surface area contributed by atoms with Crippen LogP contribution in [-0.4, -0.2) is 34.3 Å². The number of carbonyl (C=O) groups is 1. The fraction of sp³-hybridized carbons (Fsp3) is 0.308. The average Bonchev–Trinajstić information content (AvgIpc) is 2.80. The molecule has 0 atom stereocenters. The standard InChI is InChI=1S/C13H17N5O/c1-14-12(19)8-16-7-11-9-18(2)17-13(11)10-4-3-5-15-6-10/h3-6,9,16H,7-8H2,1-2H3,(H,14,19). The van der Waals surface area contributed by atoms with E-state index in [1.54, 1.807) is 24.1 Å². The van der Waals surface area contributed by atoms with Crippen LogP contribution in [0.15, 0.2) is 30.7 Å². The van der Waals surface area contributed by atoms with E-state index in [2.05, 4.69) is 20.7 Å². The highest BCUT2D eigenvalue weighted by atomic mass is 16.1. The van der Waals surface area contributed by atoms with Crippen LogP contribution in [-0.2, 0) is 18.4 Å². The summed E-state index contributed by atoms with van der Waals surface area (Å²) in [5, 5.41) is 10.1. The average molecular weight is 259 g/mol. The summed E-state index contributed by atoms with van der Waals surface area (Å²) in [5.74, 6) is -0.0354. The third-order valence-corrected chi connectivity index (χ3v) is 2.72. The van der Waals surface area contributed by atoms with E-state index in [1.807, 2.05) is 25.4 Å². The molecule has 0 aromatic carbocycles. The zero-order chi connectivity index (χ0) is 13.7. The van der Waals surface area contributed by atoms with E-state index in [0.29, 0.717) is 6.54 Å². The van der Waals surface area contributed by atoms with Gasteiger partial charge in [-0.2, -0.15) is 5.10 Å². The lowest BCUT2D eigenvalue weighted by Gasteiger charge is -2.04. The molecule has 0 saturated carbocycles. The van der Waals surface area contributed by atoms with Gasteiger partial charge < -0.3 is 10.6 Å². The predicted octanol–water partition coefficient (Wildman–Crippen LogP) is 0.318. The molecule has 0 aliphatic rings. The number of nitrogens with zero attached hydrogens (tertiary/aromatic N) is 3. The summed E-state index contributed by atoms with van der Waals surface area (Å²) in [6.07, 6.45) is 5.46. The number of hydrogen-bond acceptors (Lipinski definition) is 4. The number of carbonyl (C=O) groups excluding carboxylic acids is 1. The summed E-state index contributed by atoms with van der Waals surface area (Å²) in [6.45, 7) is 0.878. The van der Waals surface area contributed by atoms with Crippen molar-refractivity contribution in [3.63, 3.8) is 0 Å². The van der Waals surface area contributed by atoms with Crippen LogP contribution in [0.1, 0.15) is 5.56 Å². The number of amides is 1. The Morgan fingerprint density at radius 2 is 2.32 bits per heavy atom. The van der Waals surface area contributed by atoms with Crippen molar-refractivity contribution >= 4 is 5.91 Å². The van der Waals surface area contributed by atoms with Crippen molar-refractivity contribution in [3.05, 3.63) is 36.3 Å². The molecule has 19 heavy (non-hydrogen) atoms.